The molecular formula is C15H23N3O. The number of hydrogen-bond acceptors (Lipinski definition) is 3. The highest BCUT2D eigenvalue weighted by Crippen LogP contribution is 2.32. The van der Waals surface area contributed by atoms with Gasteiger partial charge in [0.15, 0.2) is 0 Å². The monoisotopic (exact) mass is 261 g/mol. The van der Waals surface area contributed by atoms with E-state index in [-0.39, 0.29) is 11.8 Å². The first kappa shape index (κ1) is 13.9. The third-order valence-corrected chi connectivity index (χ3v) is 3.90. The molecule has 19 heavy (non-hydrogen) atoms. The van der Waals surface area contributed by atoms with Crippen LogP contribution < -0.4 is 16.0 Å². The number of amides is 1. The normalized spacial score (nSPS) is 20.5. The second-order valence-electron chi connectivity index (χ2n) is 5.29. The Morgan fingerprint density at radius 1 is 1.53 bits per heavy atom. The van der Waals surface area contributed by atoms with Crippen molar-refractivity contribution in [3.8, 4) is 0 Å². The zero-order valence-corrected chi connectivity index (χ0v) is 11.7. The van der Waals surface area contributed by atoms with Gasteiger partial charge >= 0.3 is 0 Å². The molecule has 0 radical (unpaired) electrons. The van der Waals surface area contributed by atoms with Gasteiger partial charge in [-0.25, -0.2) is 0 Å². The molecule has 1 aromatic rings. The van der Waals surface area contributed by atoms with Gasteiger partial charge in [0.05, 0.1) is 5.92 Å². The van der Waals surface area contributed by atoms with Crippen molar-refractivity contribution in [3.63, 3.8) is 0 Å². The van der Waals surface area contributed by atoms with Crippen molar-refractivity contribution < 1.29 is 4.79 Å². The van der Waals surface area contributed by atoms with E-state index in [2.05, 4.69) is 34.5 Å². The maximum Gasteiger partial charge on any atom is 0.222 e. The molecule has 2 rings (SSSR count). The highest BCUT2D eigenvalue weighted by Gasteiger charge is 2.23. The molecule has 2 unspecified atom stereocenters. The van der Waals surface area contributed by atoms with E-state index in [0.717, 1.165) is 19.4 Å². The maximum atomic E-state index is 11.3. The van der Waals surface area contributed by atoms with Crippen molar-refractivity contribution in [3.05, 3.63) is 29.8 Å². The predicted molar refractivity (Wildman–Crippen MR) is 78.0 cm³/mol. The van der Waals surface area contributed by atoms with Crippen molar-refractivity contribution in [2.75, 3.05) is 25.0 Å². The van der Waals surface area contributed by atoms with E-state index in [4.69, 9.17) is 5.73 Å². The van der Waals surface area contributed by atoms with Crippen molar-refractivity contribution in [2.45, 2.75) is 25.8 Å². The summed E-state index contributed by atoms with van der Waals surface area (Å²) in [6.45, 7) is 3.57. The smallest absolute Gasteiger partial charge is 0.222 e. The van der Waals surface area contributed by atoms with Crippen LogP contribution in [0.25, 0.3) is 0 Å². The number of nitrogens with zero attached hydrogens (tertiary/aromatic N) is 1. The van der Waals surface area contributed by atoms with Gasteiger partial charge in [-0.05, 0) is 31.5 Å². The summed E-state index contributed by atoms with van der Waals surface area (Å²) >= 11 is 0. The molecule has 4 nitrogen and oxygen atoms in total. The summed E-state index contributed by atoms with van der Waals surface area (Å²) in [5.41, 5.74) is 7.94. The Kier molecular flexibility index (Phi) is 4.43. The summed E-state index contributed by atoms with van der Waals surface area (Å²) in [5.74, 6) is -0.355. The predicted octanol–water partition coefficient (Wildman–Crippen LogP) is 1.67. The molecule has 4 heteroatoms. The Morgan fingerprint density at radius 2 is 2.26 bits per heavy atom. The van der Waals surface area contributed by atoms with Crippen LogP contribution in [0, 0.1) is 5.92 Å². The van der Waals surface area contributed by atoms with Crippen LogP contribution in [0.2, 0.25) is 0 Å². The molecule has 0 fully saturated rings. The lowest BCUT2D eigenvalue weighted by atomic mass is 10.0. The quantitative estimate of drug-likeness (QED) is 0.867. The molecule has 1 aromatic carbocycles. The molecular weight excluding hydrogens is 238 g/mol. The van der Waals surface area contributed by atoms with Crippen LogP contribution in [-0.2, 0) is 4.79 Å². The average molecular weight is 261 g/mol. The number of benzene rings is 1. The second-order valence-corrected chi connectivity index (χ2v) is 5.29. The number of nitrogens with two attached hydrogens (primary N) is 1. The Morgan fingerprint density at radius 3 is 2.95 bits per heavy atom. The molecule has 0 saturated heterocycles. The van der Waals surface area contributed by atoms with Gasteiger partial charge in [0.2, 0.25) is 5.91 Å². The van der Waals surface area contributed by atoms with E-state index < -0.39 is 0 Å². The molecule has 1 heterocycles. The Balaban J connectivity index is 2.27. The van der Waals surface area contributed by atoms with Crippen molar-refractivity contribution in [2.24, 2.45) is 11.7 Å². The van der Waals surface area contributed by atoms with Gasteiger partial charge in [-0.3, -0.25) is 4.79 Å². The number of nitrogens with one attached hydrogen (secondary N) is 1. The number of fused-ring (bicyclic) bond motifs is 1. The van der Waals surface area contributed by atoms with Crippen LogP contribution >= 0.6 is 0 Å². The highest BCUT2D eigenvalue weighted by molar-refractivity contribution is 5.77. The van der Waals surface area contributed by atoms with Gasteiger partial charge in [-0.15, -0.1) is 0 Å². The van der Waals surface area contributed by atoms with E-state index in [0.29, 0.717) is 12.6 Å². The first-order chi connectivity index (χ1) is 9.13. The fourth-order valence-corrected chi connectivity index (χ4v) is 2.74. The molecule has 0 aromatic heterocycles. The molecule has 104 valence electrons. The standard InChI is InChI=1S/C15H23N3O/c1-11(15(16)19)10-18-9-5-7-13(17-2)12-6-3-4-8-14(12)18/h3-4,6,8,11,13,17H,5,7,9-10H2,1-2H3,(H2,16,19). The number of carbonyl (C=O) groups is 1. The lowest BCUT2D eigenvalue weighted by Gasteiger charge is -2.27. The number of para-hydroxylation sites is 1. The zero-order chi connectivity index (χ0) is 13.8. The van der Waals surface area contributed by atoms with E-state index in [1.807, 2.05) is 14.0 Å². The van der Waals surface area contributed by atoms with Gasteiger partial charge in [-0.1, -0.05) is 25.1 Å². The summed E-state index contributed by atoms with van der Waals surface area (Å²) in [7, 11) is 2.00. The fourth-order valence-electron chi connectivity index (χ4n) is 2.74. The summed E-state index contributed by atoms with van der Waals surface area (Å²) in [6, 6.07) is 8.83. The van der Waals surface area contributed by atoms with Crippen LogP contribution in [0.1, 0.15) is 31.4 Å². The minimum absolute atomic E-state index is 0.126. The molecule has 1 aliphatic rings. The van der Waals surface area contributed by atoms with Gasteiger partial charge in [0, 0.05) is 24.8 Å². The molecule has 0 saturated carbocycles. The first-order valence-corrected chi connectivity index (χ1v) is 6.94. The summed E-state index contributed by atoms with van der Waals surface area (Å²) in [4.78, 5) is 13.6. The van der Waals surface area contributed by atoms with Gasteiger partial charge in [-0.2, -0.15) is 0 Å². The number of carbonyl (C=O) groups excluding carboxylic acids is 1. The number of hydrogen-bond donors (Lipinski definition) is 2. The molecule has 0 aliphatic carbocycles. The van der Waals surface area contributed by atoms with Gasteiger partial charge in [0.25, 0.3) is 0 Å². The SMILES string of the molecule is CNC1CCCN(CC(C)C(N)=O)c2ccccc21. The van der Waals surface area contributed by atoms with Crippen LogP contribution in [0.15, 0.2) is 24.3 Å². The van der Waals surface area contributed by atoms with Gasteiger partial charge in [0.1, 0.15) is 0 Å². The van der Waals surface area contributed by atoms with Gasteiger partial charge < -0.3 is 16.0 Å². The second kappa shape index (κ2) is 6.06. The minimum Gasteiger partial charge on any atom is -0.370 e. The van der Waals surface area contributed by atoms with Crippen LogP contribution in [-0.4, -0.2) is 26.0 Å². The van der Waals surface area contributed by atoms with E-state index in [1.165, 1.54) is 11.3 Å². The summed E-state index contributed by atoms with van der Waals surface area (Å²) in [6.07, 6.45) is 2.24. The lowest BCUT2D eigenvalue weighted by molar-refractivity contribution is -0.121. The zero-order valence-electron chi connectivity index (χ0n) is 11.7. The van der Waals surface area contributed by atoms with E-state index in [1.54, 1.807) is 0 Å². The number of primary amides is 1. The van der Waals surface area contributed by atoms with Crippen LogP contribution in [0.4, 0.5) is 5.69 Å². The molecule has 0 spiro atoms. The van der Waals surface area contributed by atoms with Crippen molar-refractivity contribution >= 4 is 11.6 Å². The van der Waals surface area contributed by atoms with Crippen molar-refractivity contribution in [1.29, 1.82) is 0 Å². The summed E-state index contributed by atoms with van der Waals surface area (Å²) < 4.78 is 0. The largest absolute Gasteiger partial charge is 0.370 e. The fraction of sp³-hybridized carbons (Fsp3) is 0.533. The number of anilines is 1. The third kappa shape index (κ3) is 3.07. The van der Waals surface area contributed by atoms with Crippen LogP contribution in [0.5, 0.6) is 0 Å². The lowest BCUT2D eigenvalue weighted by Crippen LogP contribution is -2.35. The molecule has 0 bridgehead atoms. The third-order valence-electron chi connectivity index (χ3n) is 3.90. The van der Waals surface area contributed by atoms with E-state index >= 15 is 0 Å². The first-order valence-electron chi connectivity index (χ1n) is 6.94. The minimum atomic E-state index is -0.230. The molecule has 3 N–H and O–H groups in total. The van der Waals surface area contributed by atoms with Crippen LogP contribution in [0.3, 0.4) is 0 Å². The molecule has 2 atom stereocenters. The average Bonchev–Trinajstić information content (AvgIpc) is 2.58. The van der Waals surface area contributed by atoms with E-state index in [9.17, 15) is 4.79 Å². The topological polar surface area (TPSA) is 58.4 Å². The Labute approximate surface area is 115 Å². The molecule has 1 aliphatic heterocycles. The number of rotatable bonds is 4. The highest BCUT2D eigenvalue weighted by atomic mass is 16.1. The Bertz CT molecular complexity index is 447. The molecule has 1 amide bonds. The maximum absolute atomic E-state index is 11.3. The van der Waals surface area contributed by atoms with Crippen molar-refractivity contribution in [1.82, 2.24) is 5.32 Å². The Hall–Kier alpha value is -1.55. The summed E-state index contributed by atoms with van der Waals surface area (Å²) in [5, 5.41) is 3.38.